The minimum atomic E-state index is 0.192. The predicted octanol–water partition coefficient (Wildman–Crippen LogP) is 3.78. The van der Waals surface area contributed by atoms with Gasteiger partial charge in [-0.25, -0.2) is 0 Å². The summed E-state index contributed by atoms with van der Waals surface area (Å²) < 4.78 is 5.55. The van der Waals surface area contributed by atoms with Gasteiger partial charge < -0.3 is 4.74 Å². The Morgan fingerprint density at radius 2 is 1.94 bits per heavy atom. The Kier molecular flexibility index (Phi) is 4.64. The van der Waals surface area contributed by atoms with Gasteiger partial charge in [0.15, 0.2) is 0 Å². The fourth-order valence-corrected chi connectivity index (χ4v) is 1.94. The first kappa shape index (κ1) is 12.2. The maximum atomic E-state index is 5.55. The Labute approximate surface area is 104 Å². The smallest absolute Gasteiger partial charge is 0.145 e. The molecule has 1 fully saturated rings. The second kappa shape index (κ2) is 6.47. The molecule has 1 saturated heterocycles. The highest BCUT2D eigenvalue weighted by Crippen LogP contribution is 2.26. The van der Waals surface area contributed by atoms with E-state index in [0.717, 1.165) is 5.56 Å². The first-order valence-corrected chi connectivity index (χ1v) is 6.62. The van der Waals surface area contributed by atoms with Crippen molar-refractivity contribution in [1.82, 2.24) is 0 Å². The molecule has 0 spiro atoms. The number of rotatable bonds is 5. The van der Waals surface area contributed by atoms with Crippen LogP contribution in [0.15, 0.2) is 30.3 Å². The number of ether oxygens (including phenoxy) is 1. The van der Waals surface area contributed by atoms with E-state index >= 15 is 0 Å². The third-order valence-electron chi connectivity index (χ3n) is 3.06. The minimum absolute atomic E-state index is 0.192. The third kappa shape index (κ3) is 4.24. The molecule has 0 aromatic heterocycles. The summed E-state index contributed by atoms with van der Waals surface area (Å²) in [6, 6.07) is 10.1. The van der Waals surface area contributed by atoms with Crippen LogP contribution in [-0.2, 0) is 4.74 Å². The van der Waals surface area contributed by atoms with Gasteiger partial charge >= 0.3 is 0 Å². The first-order valence-electron chi connectivity index (χ1n) is 6.62. The van der Waals surface area contributed by atoms with Crippen molar-refractivity contribution in [1.29, 1.82) is 0 Å². The quantitative estimate of drug-likeness (QED) is 0.424. The monoisotopic (exact) mass is 228 g/mol. The van der Waals surface area contributed by atoms with Crippen molar-refractivity contribution >= 4 is 0 Å². The van der Waals surface area contributed by atoms with E-state index in [0.29, 0.717) is 6.10 Å². The molecule has 0 aliphatic carbocycles. The van der Waals surface area contributed by atoms with Crippen LogP contribution in [0.3, 0.4) is 0 Å². The van der Waals surface area contributed by atoms with Crippen LogP contribution in [0.25, 0.3) is 0 Å². The highest BCUT2D eigenvalue weighted by Gasteiger charge is 2.36. The SMILES string of the molecule is CCCCCC[C@@H]1O[C@@H]1C#Cc1ccccc1. The summed E-state index contributed by atoms with van der Waals surface area (Å²) in [5.41, 5.74) is 1.08. The van der Waals surface area contributed by atoms with Gasteiger partial charge in [0.05, 0.1) is 6.10 Å². The molecule has 1 aromatic rings. The topological polar surface area (TPSA) is 12.5 Å². The van der Waals surface area contributed by atoms with E-state index < -0.39 is 0 Å². The van der Waals surface area contributed by atoms with E-state index in [-0.39, 0.29) is 6.10 Å². The van der Waals surface area contributed by atoms with Crippen molar-refractivity contribution < 1.29 is 4.74 Å². The summed E-state index contributed by atoms with van der Waals surface area (Å²) in [5.74, 6) is 6.35. The molecule has 1 heterocycles. The molecular formula is C16H20O. The van der Waals surface area contributed by atoms with Gasteiger partial charge in [-0.1, -0.05) is 62.6 Å². The van der Waals surface area contributed by atoms with E-state index in [1.54, 1.807) is 0 Å². The molecule has 2 atom stereocenters. The summed E-state index contributed by atoms with van der Waals surface area (Å²) in [4.78, 5) is 0. The van der Waals surface area contributed by atoms with Crippen LogP contribution in [0.5, 0.6) is 0 Å². The van der Waals surface area contributed by atoms with Gasteiger partial charge in [0.25, 0.3) is 0 Å². The highest BCUT2D eigenvalue weighted by atomic mass is 16.6. The largest absolute Gasteiger partial charge is 0.356 e. The van der Waals surface area contributed by atoms with Gasteiger partial charge in [0, 0.05) is 5.56 Å². The zero-order valence-electron chi connectivity index (χ0n) is 10.5. The number of epoxide rings is 1. The van der Waals surface area contributed by atoms with Crippen LogP contribution in [0.4, 0.5) is 0 Å². The van der Waals surface area contributed by atoms with Gasteiger partial charge in [-0.05, 0) is 18.6 Å². The standard InChI is InChI=1S/C16H20O/c1-2-3-4-8-11-15-16(17-15)13-12-14-9-6-5-7-10-14/h5-7,9-10,15-16H,2-4,8,11H2,1H3/t15-,16+/m0/s1. The molecule has 1 aliphatic rings. The van der Waals surface area contributed by atoms with Gasteiger partial charge in [-0.2, -0.15) is 0 Å². The summed E-state index contributed by atoms with van der Waals surface area (Å²) in [6.45, 7) is 2.24. The normalized spacial score (nSPS) is 21.7. The molecule has 0 amide bonds. The van der Waals surface area contributed by atoms with E-state index in [2.05, 4.69) is 18.8 Å². The summed E-state index contributed by atoms with van der Waals surface area (Å²) >= 11 is 0. The molecule has 90 valence electrons. The van der Waals surface area contributed by atoms with Crippen LogP contribution in [-0.4, -0.2) is 12.2 Å². The van der Waals surface area contributed by atoms with Crippen molar-refractivity contribution in [3.05, 3.63) is 35.9 Å². The Bertz CT molecular complexity index is 385. The summed E-state index contributed by atoms with van der Waals surface area (Å²) in [6.07, 6.45) is 7.01. The second-order valence-electron chi connectivity index (χ2n) is 4.58. The third-order valence-corrected chi connectivity index (χ3v) is 3.06. The van der Waals surface area contributed by atoms with Gasteiger partial charge in [-0.15, -0.1) is 0 Å². The van der Waals surface area contributed by atoms with Crippen LogP contribution in [0.1, 0.15) is 44.6 Å². The summed E-state index contributed by atoms with van der Waals surface area (Å²) in [5, 5.41) is 0. The Hall–Kier alpha value is -1.26. The minimum Gasteiger partial charge on any atom is -0.356 e. The van der Waals surface area contributed by atoms with E-state index in [1.165, 1.54) is 32.1 Å². The van der Waals surface area contributed by atoms with Crippen molar-refractivity contribution in [2.24, 2.45) is 0 Å². The van der Waals surface area contributed by atoms with Crippen LogP contribution in [0, 0.1) is 11.8 Å². The molecule has 0 radical (unpaired) electrons. The van der Waals surface area contributed by atoms with Gasteiger partial charge in [0.2, 0.25) is 0 Å². The van der Waals surface area contributed by atoms with E-state index in [9.17, 15) is 0 Å². The Balaban J connectivity index is 1.68. The number of benzene rings is 1. The maximum Gasteiger partial charge on any atom is 0.145 e. The van der Waals surface area contributed by atoms with Gasteiger partial charge in [-0.3, -0.25) is 0 Å². The predicted molar refractivity (Wildman–Crippen MR) is 70.7 cm³/mol. The van der Waals surface area contributed by atoms with Crippen molar-refractivity contribution in [2.75, 3.05) is 0 Å². The molecular weight excluding hydrogens is 208 g/mol. The molecule has 17 heavy (non-hydrogen) atoms. The second-order valence-corrected chi connectivity index (χ2v) is 4.58. The molecule has 1 aliphatic heterocycles. The highest BCUT2D eigenvalue weighted by molar-refractivity contribution is 5.35. The lowest BCUT2D eigenvalue weighted by Crippen LogP contribution is -1.91. The molecule has 0 bridgehead atoms. The lowest BCUT2D eigenvalue weighted by molar-refractivity contribution is 0.375. The van der Waals surface area contributed by atoms with Crippen molar-refractivity contribution in [3.63, 3.8) is 0 Å². The maximum absolute atomic E-state index is 5.55. The molecule has 0 unspecified atom stereocenters. The lowest BCUT2D eigenvalue weighted by atomic mass is 10.1. The Morgan fingerprint density at radius 1 is 1.12 bits per heavy atom. The molecule has 0 saturated carbocycles. The zero-order chi connectivity index (χ0) is 11.9. The van der Waals surface area contributed by atoms with Crippen LogP contribution in [0.2, 0.25) is 0 Å². The van der Waals surface area contributed by atoms with Crippen LogP contribution < -0.4 is 0 Å². The average molecular weight is 228 g/mol. The lowest BCUT2D eigenvalue weighted by Gasteiger charge is -1.94. The zero-order valence-corrected chi connectivity index (χ0v) is 10.5. The molecule has 1 nitrogen and oxygen atoms in total. The summed E-state index contributed by atoms with van der Waals surface area (Å²) in [7, 11) is 0. The van der Waals surface area contributed by atoms with Gasteiger partial charge in [0.1, 0.15) is 6.10 Å². The van der Waals surface area contributed by atoms with E-state index in [1.807, 2.05) is 30.3 Å². The molecule has 0 N–H and O–H groups in total. The fourth-order valence-electron chi connectivity index (χ4n) is 1.94. The van der Waals surface area contributed by atoms with Crippen LogP contribution >= 0.6 is 0 Å². The fraction of sp³-hybridized carbons (Fsp3) is 0.500. The molecule has 2 rings (SSSR count). The molecule has 1 heteroatoms. The van der Waals surface area contributed by atoms with Crippen molar-refractivity contribution in [2.45, 2.75) is 51.2 Å². The average Bonchev–Trinajstić information content (AvgIpc) is 3.12. The molecule has 1 aromatic carbocycles. The first-order chi connectivity index (χ1) is 8.40. The van der Waals surface area contributed by atoms with Crippen molar-refractivity contribution in [3.8, 4) is 11.8 Å². The van der Waals surface area contributed by atoms with E-state index in [4.69, 9.17) is 4.74 Å². The number of hydrogen-bond acceptors (Lipinski definition) is 1. The number of unbranched alkanes of at least 4 members (excludes halogenated alkanes) is 3. The Morgan fingerprint density at radius 3 is 2.71 bits per heavy atom. The number of hydrogen-bond donors (Lipinski definition) is 0.